The average Bonchev–Trinajstić information content (AvgIpc) is 2.45. The molecule has 110 valence electrons. The van der Waals surface area contributed by atoms with Crippen molar-refractivity contribution in [1.29, 1.82) is 0 Å². The molecule has 1 heteroatoms. The van der Waals surface area contributed by atoms with E-state index in [4.69, 9.17) is 0 Å². The number of ketones is 1. The molecule has 0 bridgehead atoms. The highest BCUT2D eigenvalue weighted by molar-refractivity contribution is 5.81. The first-order valence-electron chi connectivity index (χ1n) is 8.03. The van der Waals surface area contributed by atoms with E-state index in [0.717, 1.165) is 31.6 Å². The van der Waals surface area contributed by atoms with Crippen LogP contribution in [0.5, 0.6) is 0 Å². The third kappa shape index (κ3) is 4.19. The van der Waals surface area contributed by atoms with E-state index >= 15 is 0 Å². The van der Waals surface area contributed by atoms with Crippen molar-refractivity contribution in [2.24, 2.45) is 17.3 Å². The number of benzene rings is 1. The summed E-state index contributed by atoms with van der Waals surface area (Å²) in [6.45, 7) is 6.99. The summed E-state index contributed by atoms with van der Waals surface area (Å²) in [4.78, 5) is 12.3. The van der Waals surface area contributed by atoms with Gasteiger partial charge in [0.2, 0.25) is 0 Å². The Morgan fingerprint density at radius 1 is 1.05 bits per heavy atom. The fourth-order valence-electron chi connectivity index (χ4n) is 3.40. The maximum absolute atomic E-state index is 12.3. The Morgan fingerprint density at radius 2 is 1.65 bits per heavy atom. The summed E-state index contributed by atoms with van der Waals surface area (Å²) >= 11 is 0. The van der Waals surface area contributed by atoms with Crippen LogP contribution in [0.15, 0.2) is 30.3 Å². The first-order chi connectivity index (χ1) is 9.47. The van der Waals surface area contributed by atoms with Gasteiger partial charge in [0.25, 0.3) is 0 Å². The third-order valence-corrected chi connectivity index (χ3v) is 4.91. The second-order valence-corrected chi connectivity index (χ2v) is 7.37. The van der Waals surface area contributed by atoms with Crippen LogP contribution in [0.1, 0.15) is 58.4 Å². The molecule has 2 rings (SSSR count). The average molecular weight is 272 g/mol. The zero-order valence-electron chi connectivity index (χ0n) is 13.2. The van der Waals surface area contributed by atoms with E-state index in [2.05, 4.69) is 32.9 Å². The highest BCUT2D eigenvalue weighted by Crippen LogP contribution is 2.40. The molecule has 0 spiro atoms. The van der Waals surface area contributed by atoms with Crippen LogP contribution in [0, 0.1) is 17.3 Å². The van der Waals surface area contributed by atoms with Crippen molar-refractivity contribution in [1.82, 2.24) is 0 Å². The van der Waals surface area contributed by atoms with Crippen LogP contribution in [0.4, 0.5) is 0 Å². The summed E-state index contributed by atoms with van der Waals surface area (Å²) in [5.74, 6) is 1.61. The Kier molecular flexibility index (Phi) is 5.01. The first-order valence-corrected chi connectivity index (χ1v) is 8.03. The monoisotopic (exact) mass is 272 g/mol. The molecule has 1 fully saturated rings. The number of rotatable bonds is 4. The Morgan fingerprint density at radius 3 is 2.20 bits per heavy atom. The minimum Gasteiger partial charge on any atom is -0.299 e. The smallest absolute Gasteiger partial charge is 0.136 e. The van der Waals surface area contributed by atoms with Gasteiger partial charge < -0.3 is 0 Å². The summed E-state index contributed by atoms with van der Waals surface area (Å²) in [7, 11) is 0. The van der Waals surface area contributed by atoms with E-state index in [1.807, 2.05) is 18.2 Å². The molecular weight excluding hydrogens is 244 g/mol. The minimum atomic E-state index is 0.331. The standard InChI is InChI=1S/C19H28O/c1-19(2,3)17-12-10-16(11-13-17)18(20)14-9-15-7-5-4-6-8-15/h4-8,16-17H,9-14H2,1-3H3. The molecule has 0 aromatic heterocycles. The lowest BCUT2D eigenvalue weighted by molar-refractivity contribution is -0.124. The zero-order valence-corrected chi connectivity index (χ0v) is 13.2. The SMILES string of the molecule is CC(C)(C)C1CCC(C(=O)CCc2ccccc2)CC1. The quantitative estimate of drug-likeness (QED) is 0.750. The molecule has 0 amide bonds. The summed E-state index contributed by atoms with van der Waals surface area (Å²) in [5, 5.41) is 0. The summed E-state index contributed by atoms with van der Waals surface area (Å²) < 4.78 is 0. The maximum Gasteiger partial charge on any atom is 0.136 e. The lowest BCUT2D eigenvalue weighted by atomic mass is 9.69. The number of hydrogen-bond donors (Lipinski definition) is 0. The number of Topliss-reactive ketones (excluding diaryl/α,β-unsaturated/α-hetero) is 1. The van der Waals surface area contributed by atoms with E-state index in [0.29, 0.717) is 17.1 Å². The molecule has 0 heterocycles. The molecule has 0 unspecified atom stereocenters. The molecular formula is C19H28O. The van der Waals surface area contributed by atoms with E-state index in [1.165, 1.54) is 18.4 Å². The van der Waals surface area contributed by atoms with Crippen LogP contribution >= 0.6 is 0 Å². The molecule has 1 aromatic rings. The van der Waals surface area contributed by atoms with Crippen molar-refractivity contribution in [3.63, 3.8) is 0 Å². The summed E-state index contributed by atoms with van der Waals surface area (Å²) in [6.07, 6.45) is 6.29. The molecule has 0 atom stereocenters. The zero-order chi connectivity index (χ0) is 14.6. The Labute approximate surface area is 123 Å². The number of carbonyl (C=O) groups is 1. The van der Waals surface area contributed by atoms with Crippen molar-refractivity contribution in [3.05, 3.63) is 35.9 Å². The fraction of sp³-hybridized carbons (Fsp3) is 0.632. The largest absolute Gasteiger partial charge is 0.299 e. The Hall–Kier alpha value is -1.11. The van der Waals surface area contributed by atoms with Crippen molar-refractivity contribution in [3.8, 4) is 0 Å². The lowest BCUT2D eigenvalue weighted by Crippen LogP contribution is -2.28. The van der Waals surface area contributed by atoms with Gasteiger partial charge in [-0.15, -0.1) is 0 Å². The molecule has 0 saturated heterocycles. The summed E-state index contributed by atoms with van der Waals surface area (Å²) in [6, 6.07) is 10.4. The van der Waals surface area contributed by atoms with Gasteiger partial charge in [-0.1, -0.05) is 51.1 Å². The van der Waals surface area contributed by atoms with Gasteiger partial charge in [-0.05, 0) is 49.0 Å². The second-order valence-electron chi connectivity index (χ2n) is 7.37. The van der Waals surface area contributed by atoms with Gasteiger partial charge in [-0.25, -0.2) is 0 Å². The van der Waals surface area contributed by atoms with Gasteiger partial charge in [0, 0.05) is 12.3 Å². The molecule has 0 N–H and O–H groups in total. The van der Waals surface area contributed by atoms with E-state index in [9.17, 15) is 4.79 Å². The Bertz CT molecular complexity index is 419. The van der Waals surface area contributed by atoms with Gasteiger partial charge in [0.15, 0.2) is 0 Å². The van der Waals surface area contributed by atoms with Crippen LogP contribution in [-0.4, -0.2) is 5.78 Å². The predicted octanol–water partition coefficient (Wildman–Crippen LogP) is 5.04. The molecule has 0 aliphatic heterocycles. The van der Waals surface area contributed by atoms with E-state index in [-0.39, 0.29) is 0 Å². The van der Waals surface area contributed by atoms with Gasteiger partial charge in [-0.2, -0.15) is 0 Å². The third-order valence-electron chi connectivity index (χ3n) is 4.91. The van der Waals surface area contributed by atoms with Crippen LogP contribution < -0.4 is 0 Å². The molecule has 1 aliphatic carbocycles. The predicted molar refractivity (Wildman–Crippen MR) is 84.7 cm³/mol. The van der Waals surface area contributed by atoms with Crippen LogP contribution in [0.3, 0.4) is 0 Å². The molecule has 1 saturated carbocycles. The van der Waals surface area contributed by atoms with E-state index < -0.39 is 0 Å². The molecule has 1 nitrogen and oxygen atoms in total. The molecule has 20 heavy (non-hydrogen) atoms. The topological polar surface area (TPSA) is 17.1 Å². The van der Waals surface area contributed by atoms with Crippen LogP contribution in [0.2, 0.25) is 0 Å². The lowest BCUT2D eigenvalue weighted by Gasteiger charge is -2.36. The number of carbonyl (C=O) groups excluding carboxylic acids is 1. The minimum absolute atomic E-state index is 0.331. The summed E-state index contributed by atoms with van der Waals surface area (Å²) in [5.41, 5.74) is 1.68. The van der Waals surface area contributed by atoms with Crippen LogP contribution in [0.25, 0.3) is 0 Å². The highest BCUT2D eigenvalue weighted by Gasteiger charge is 2.31. The van der Waals surface area contributed by atoms with Gasteiger partial charge in [-0.3, -0.25) is 4.79 Å². The van der Waals surface area contributed by atoms with Gasteiger partial charge in [0.05, 0.1) is 0 Å². The first kappa shape index (κ1) is 15.3. The Balaban J connectivity index is 1.78. The maximum atomic E-state index is 12.3. The normalized spacial score (nSPS) is 23.6. The van der Waals surface area contributed by atoms with Crippen molar-refractivity contribution >= 4 is 5.78 Å². The van der Waals surface area contributed by atoms with Crippen LogP contribution in [-0.2, 0) is 11.2 Å². The molecule has 0 radical (unpaired) electrons. The fourth-order valence-corrected chi connectivity index (χ4v) is 3.40. The van der Waals surface area contributed by atoms with Crippen molar-refractivity contribution in [2.45, 2.75) is 59.3 Å². The molecule has 1 aliphatic rings. The van der Waals surface area contributed by atoms with Crippen molar-refractivity contribution in [2.75, 3.05) is 0 Å². The van der Waals surface area contributed by atoms with Crippen molar-refractivity contribution < 1.29 is 4.79 Å². The second kappa shape index (κ2) is 6.56. The van der Waals surface area contributed by atoms with Gasteiger partial charge >= 0.3 is 0 Å². The van der Waals surface area contributed by atoms with E-state index in [1.54, 1.807) is 0 Å². The van der Waals surface area contributed by atoms with Gasteiger partial charge in [0.1, 0.15) is 5.78 Å². The number of hydrogen-bond acceptors (Lipinski definition) is 1. The number of aryl methyl sites for hydroxylation is 1. The highest BCUT2D eigenvalue weighted by atomic mass is 16.1. The molecule has 1 aromatic carbocycles.